The fourth-order valence-corrected chi connectivity index (χ4v) is 2.91. The van der Waals surface area contributed by atoms with Crippen molar-refractivity contribution in [1.29, 1.82) is 0 Å². The van der Waals surface area contributed by atoms with Gasteiger partial charge < -0.3 is 29.7 Å². The van der Waals surface area contributed by atoms with Gasteiger partial charge in [-0.2, -0.15) is 0 Å². The molecule has 0 aromatic heterocycles. The lowest BCUT2D eigenvalue weighted by Gasteiger charge is -2.32. The summed E-state index contributed by atoms with van der Waals surface area (Å²) in [6.07, 6.45) is 0.871. The van der Waals surface area contributed by atoms with Crippen LogP contribution in [0.25, 0.3) is 0 Å². The molecule has 1 amide bonds. The molecule has 1 heterocycles. The standard InChI is InChI=1S/C18H28N4O4/c1-19-18(21-11-17(23)20-6-8-24-2)22-7-5-13-9-15(25-3)16(26-4)10-14(13)12-22/h9-10H,5-8,11-12H2,1-4H3,(H,19,21)(H,20,23). The Labute approximate surface area is 154 Å². The Morgan fingerprint density at radius 3 is 2.46 bits per heavy atom. The number of amides is 1. The zero-order valence-electron chi connectivity index (χ0n) is 15.9. The number of rotatable bonds is 7. The minimum atomic E-state index is -0.0907. The lowest BCUT2D eigenvalue weighted by Crippen LogP contribution is -2.47. The number of hydrogen-bond acceptors (Lipinski definition) is 5. The first-order chi connectivity index (χ1) is 12.6. The zero-order valence-corrected chi connectivity index (χ0v) is 15.9. The summed E-state index contributed by atoms with van der Waals surface area (Å²) in [5.41, 5.74) is 2.41. The molecule has 0 atom stereocenters. The number of nitrogens with zero attached hydrogens (tertiary/aromatic N) is 2. The van der Waals surface area contributed by atoms with Gasteiger partial charge >= 0.3 is 0 Å². The second-order valence-corrected chi connectivity index (χ2v) is 5.89. The summed E-state index contributed by atoms with van der Waals surface area (Å²) in [4.78, 5) is 18.3. The van der Waals surface area contributed by atoms with Crippen LogP contribution in [-0.4, -0.2) is 71.4 Å². The number of aliphatic imine (C=N–C) groups is 1. The van der Waals surface area contributed by atoms with E-state index in [-0.39, 0.29) is 12.5 Å². The largest absolute Gasteiger partial charge is 0.493 e. The molecule has 2 N–H and O–H groups in total. The van der Waals surface area contributed by atoms with Gasteiger partial charge in [0.1, 0.15) is 0 Å². The lowest BCUT2D eigenvalue weighted by molar-refractivity contribution is -0.120. The van der Waals surface area contributed by atoms with E-state index in [1.54, 1.807) is 28.4 Å². The van der Waals surface area contributed by atoms with Crippen LogP contribution in [0.3, 0.4) is 0 Å². The van der Waals surface area contributed by atoms with Crippen molar-refractivity contribution in [2.45, 2.75) is 13.0 Å². The van der Waals surface area contributed by atoms with Crippen LogP contribution in [0, 0.1) is 0 Å². The molecule has 0 aliphatic carbocycles. The summed E-state index contributed by atoms with van der Waals surface area (Å²) in [7, 11) is 6.59. The number of nitrogens with one attached hydrogen (secondary N) is 2. The minimum absolute atomic E-state index is 0.0907. The van der Waals surface area contributed by atoms with Crippen molar-refractivity contribution < 1.29 is 19.0 Å². The molecule has 2 rings (SSSR count). The third-order valence-electron chi connectivity index (χ3n) is 4.26. The van der Waals surface area contributed by atoms with Crippen molar-refractivity contribution in [2.75, 3.05) is 54.6 Å². The molecule has 1 aliphatic rings. The van der Waals surface area contributed by atoms with E-state index in [0.29, 0.717) is 31.4 Å². The Morgan fingerprint density at radius 2 is 1.85 bits per heavy atom. The van der Waals surface area contributed by atoms with Crippen LogP contribution in [0.2, 0.25) is 0 Å². The molecule has 1 aromatic rings. The lowest BCUT2D eigenvalue weighted by atomic mass is 9.99. The van der Waals surface area contributed by atoms with Gasteiger partial charge in [0, 0.05) is 33.8 Å². The monoisotopic (exact) mass is 364 g/mol. The number of ether oxygens (including phenoxy) is 3. The number of hydrogen-bond donors (Lipinski definition) is 2. The highest BCUT2D eigenvalue weighted by molar-refractivity contribution is 5.86. The summed E-state index contributed by atoms with van der Waals surface area (Å²) >= 11 is 0. The number of carbonyl (C=O) groups is 1. The van der Waals surface area contributed by atoms with Gasteiger partial charge in [-0.25, -0.2) is 0 Å². The van der Waals surface area contributed by atoms with Crippen molar-refractivity contribution in [2.24, 2.45) is 4.99 Å². The molecule has 0 spiro atoms. The van der Waals surface area contributed by atoms with E-state index >= 15 is 0 Å². The third-order valence-corrected chi connectivity index (χ3v) is 4.26. The van der Waals surface area contributed by atoms with E-state index in [1.807, 2.05) is 12.1 Å². The molecule has 0 saturated carbocycles. The molecular weight excluding hydrogens is 336 g/mol. The molecular formula is C18H28N4O4. The Bertz CT molecular complexity index is 648. The second kappa shape index (κ2) is 9.86. The summed E-state index contributed by atoms with van der Waals surface area (Å²) in [6.45, 7) is 2.67. The molecule has 144 valence electrons. The molecule has 1 aromatic carbocycles. The SMILES string of the molecule is CN=C(NCC(=O)NCCOC)N1CCc2cc(OC)c(OC)cc2C1. The maximum atomic E-state index is 11.8. The summed E-state index contributed by atoms with van der Waals surface area (Å²) < 4.78 is 15.7. The predicted octanol–water partition coefficient (Wildman–Crippen LogP) is 0.400. The first-order valence-electron chi connectivity index (χ1n) is 8.58. The number of carbonyl (C=O) groups excluding carboxylic acids is 1. The molecule has 26 heavy (non-hydrogen) atoms. The predicted molar refractivity (Wildman–Crippen MR) is 99.9 cm³/mol. The Kier molecular flexibility index (Phi) is 7.53. The molecule has 8 nitrogen and oxygen atoms in total. The average Bonchev–Trinajstić information content (AvgIpc) is 2.67. The highest BCUT2D eigenvalue weighted by Gasteiger charge is 2.21. The van der Waals surface area contributed by atoms with Crippen LogP contribution < -0.4 is 20.1 Å². The maximum Gasteiger partial charge on any atom is 0.239 e. The van der Waals surface area contributed by atoms with Gasteiger partial charge in [-0.05, 0) is 29.7 Å². The molecule has 0 bridgehead atoms. The number of guanidine groups is 1. The van der Waals surface area contributed by atoms with Crippen LogP contribution in [-0.2, 0) is 22.5 Å². The Hall–Kier alpha value is -2.48. The average molecular weight is 364 g/mol. The highest BCUT2D eigenvalue weighted by Crippen LogP contribution is 2.33. The van der Waals surface area contributed by atoms with Crippen molar-refractivity contribution in [1.82, 2.24) is 15.5 Å². The van der Waals surface area contributed by atoms with Gasteiger partial charge in [-0.3, -0.25) is 9.79 Å². The molecule has 0 radical (unpaired) electrons. The van der Waals surface area contributed by atoms with Crippen LogP contribution >= 0.6 is 0 Å². The van der Waals surface area contributed by atoms with Gasteiger partial charge in [0.05, 0.1) is 27.4 Å². The summed E-state index contributed by atoms with van der Waals surface area (Å²) in [6, 6.07) is 4.04. The van der Waals surface area contributed by atoms with Crippen molar-refractivity contribution >= 4 is 11.9 Å². The van der Waals surface area contributed by atoms with E-state index in [2.05, 4.69) is 20.5 Å². The summed E-state index contributed by atoms with van der Waals surface area (Å²) in [5.74, 6) is 2.07. The molecule has 8 heteroatoms. The number of fused-ring (bicyclic) bond motifs is 1. The van der Waals surface area contributed by atoms with Crippen LogP contribution in [0.1, 0.15) is 11.1 Å². The van der Waals surface area contributed by atoms with Crippen LogP contribution in [0.5, 0.6) is 11.5 Å². The fraction of sp³-hybridized carbons (Fsp3) is 0.556. The first-order valence-corrected chi connectivity index (χ1v) is 8.58. The van der Waals surface area contributed by atoms with Gasteiger partial charge in [-0.1, -0.05) is 0 Å². The van der Waals surface area contributed by atoms with Gasteiger partial charge in [0.15, 0.2) is 17.5 Å². The van der Waals surface area contributed by atoms with Gasteiger partial charge in [0.25, 0.3) is 0 Å². The quantitative estimate of drug-likeness (QED) is 0.414. The minimum Gasteiger partial charge on any atom is -0.493 e. The number of benzene rings is 1. The Balaban J connectivity index is 1.98. The van der Waals surface area contributed by atoms with E-state index in [9.17, 15) is 4.79 Å². The smallest absolute Gasteiger partial charge is 0.239 e. The first kappa shape index (κ1) is 19.8. The topological polar surface area (TPSA) is 84.4 Å². The summed E-state index contributed by atoms with van der Waals surface area (Å²) in [5, 5.41) is 5.89. The third kappa shape index (κ3) is 5.01. The van der Waals surface area contributed by atoms with E-state index in [1.165, 1.54) is 11.1 Å². The normalized spacial score (nSPS) is 13.8. The number of methoxy groups -OCH3 is 3. The molecule has 1 aliphatic heterocycles. The van der Waals surface area contributed by atoms with Crippen molar-refractivity contribution in [3.63, 3.8) is 0 Å². The molecule has 0 fully saturated rings. The van der Waals surface area contributed by atoms with Crippen molar-refractivity contribution in [3.05, 3.63) is 23.3 Å². The van der Waals surface area contributed by atoms with E-state index in [0.717, 1.165) is 18.7 Å². The van der Waals surface area contributed by atoms with Crippen LogP contribution in [0.15, 0.2) is 17.1 Å². The van der Waals surface area contributed by atoms with Gasteiger partial charge in [0.2, 0.25) is 5.91 Å². The molecule has 0 saturated heterocycles. The zero-order chi connectivity index (χ0) is 18.9. The highest BCUT2D eigenvalue weighted by atomic mass is 16.5. The maximum absolute atomic E-state index is 11.8. The van der Waals surface area contributed by atoms with E-state index in [4.69, 9.17) is 14.2 Å². The van der Waals surface area contributed by atoms with Gasteiger partial charge in [-0.15, -0.1) is 0 Å². The fourth-order valence-electron chi connectivity index (χ4n) is 2.91. The van der Waals surface area contributed by atoms with Crippen molar-refractivity contribution in [3.8, 4) is 11.5 Å². The van der Waals surface area contributed by atoms with E-state index < -0.39 is 0 Å². The Morgan fingerprint density at radius 1 is 1.15 bits per heavy atom. The second-order valence-electron chi connectivity index (χ2n) is 5.89. The van der Waals surface area contributed by atoms with Crippen LogP contribution in [0.4, 0.5) is 0 Å². The molecule has 0 unspecified atom stereocenters.